The van der Waals surface area contributed by atoms with Gasteiger partial charge in [-0.05, 0) is 41.2 Å². The lowest BCUT2D eigenvalue weighted by Gasteiger charge is -2.06. The summed E-state index contributed by atoms with van der Waals surface area (Å²) in [6.45, 7) is 0.680. The van der Waals surface area contributed by atoms with E-state index < -0.39 is 10.1 Å². The summed E-state index contributed by atoms with van der Waals surface area (Å²) in [5.74, 6) is -0.148. The van der Waals surface area contributed by atoms with Crippen molar-refractivity contribution in [3.05, 3.63) is 0 Å². The Kier molecular flexibility index (Phi) is 9.93. The van der Waals surface area contributed by atoms with Gasteiger partial charge in [-0.3, -0.25) is 4.55 Å². The summed E-state index contributed by atoms with van der Waals surface area (Å²) < 4.78 is 28.6. The quantitative estimate of drug-likeness (QED) is 0.624. The van der Waals surface area contributed by atoms with Gasteiger partial charge in [0.05, 0.1) is 5.75 Å². The molecule has 0 aromatic rings. The number of hydrogen-bond donors (Lipinski definition) is 2. The van der Waals surface area contributed by atoms with Gasteiger partial charge in [0.1, 0.15) is 0 Å². The van der Waals surface area contributed by atoms with E-state index in [9.17, 15) is 8.42 Å². The van der Waals surface area contributed by atoms with Gasteiger partial charge in [-0.15, -0.1) is 0 Å². The largest absolute Gasteiger partial charge is 0.323 e. The topological polar surface area (TPSA) is 69.6 Å². The Morgan fingerprint density at radius 2 is 1.69 bits per heavy atom. The summed E-state index contributed by atoms with van der Waals surface area (Å²) in [4.78, 5) is 1.87. The predicted molar refractivity (Wildman–Crippen MR) is 54.6 cm³/mol. The minimum Gasteiger partial charge on any atom is -0.323 e. The maximum atomic E-state index is 10.1. The third kappa shape index (κ3) is 24.5. The number of hydrogen-bond acceptors (Lipinski definition) is 4. The molecule has 0 rings (SSSR count). The highest BCUT2D eigenvalue weighted by atomic mass is 32.2. The van der Waals surface area contributed by atoms with E-state index in [2.05, 4.69) is 5.32 Å². The summed E-state index contributed by atoms with van der Waals surface area (Å²) in [5, 5.41) is 2.75. The normalized spacial score (nSPS) is 10.9. The molecule has 5 nitrogen and oxygen atoms in total. The molecule has 2 N–H and O–H groups in total. The Bertz CT molecular complexity index is 190. The maximum absolute atomic E-state index is 10.1. The van der Waals surface area contributed by atoms with Crippen LogP contribution in [-0.2, 0) is 10.1 Å². The highest BCUT2D eigenvalue weighted by Crippen LogP contribution is 1.88. The van der Waals surface area contributed by atoms with Crippen LogP contribution in [0.3, 0.4) is 0 Å². The average molecular weight is 212 g/mol. The smallest absolute Gasteiger partial charge is 0.264 e. The van der Waals surface area contributed by atoms with Gasteiger partial charge in [0.2, 0.25) is 0 Å². The highest BCUT2D eigenvalue weighted by Gasteiger charge is 2.02. The number of nitrogens with one attached hydrogen (secondary N) is 1. The van der Waals surface area contributed by atoms with Gasteiger partial charge in [-0.25, -0.2) is 0 Å². The first-order valence-electron chi connectivity index (χ1n) is 4.02. The van der Waals surface area contributed by atoms with Gasteiger partial charge in [-0.2, -0.15) is 8.42 Å². The van der Waals surface area contributed by atoms with Crippen LogP contribution in [0.5, 0.6) is 0 Å². The minimum absolute atomic E-state index is 0.148. The van der Waals surface area contributed by atoms with Crippen molar-refractivity contribution in [2.45, 2.75) is 6.42 Å². The lowest BCUT2D eigenvalue weighted by molar-refractivity contribution is 0.404. The van der Waals surface area contributed by atoms with Crippen LogP contribution in [0.25, 0.3) is 0 Å². The molecule has 6 heteroatoms. The SMILES string of the molecule is CN(C)CCCS(=O)(=O)O.CNC. The third-order valence-electron chi connectivity index (χ3n) is 1.01. The van der Waals surface area contributed by atoms with E-state index in [1.165, 1.54) is 0 Å². The van der Waals surface area contributed by atoms with E-state index in [0.717, 1.165) is 0 Å². The molecule has 0 bridgehead atoms. The molecular weight excluding hydrogens is 192 g/mol. The van der Waals surface area contributed by atoms with Gasteiger partial charge in [-0.1, -0.05) is 0 Å². The van der Waals surface area contributed by atoms with Crippen molar-refractivity contribution >= 4 is 10.1 Å². The van der Waals surface area contributed by atoms with Crippen LogP contribution in [0.4, 0.5) is 0 Å². The number of nitrogens with zero attached hydrogens (tertiary/aromatic N) is 1. The molecular formula is C7H20N2O3S. The van der Waals surface area contributed by atoms with Crippen molar-refractivity contribution in [2.75, 3.05) is 40.5 Å². The van der Waals surface area contributed by atoms with Gasteiger partial charge >= 0.3 is 0 Å². The van der Waals surface area contributed by atoms with Crippen LogP contribution >= 0.6 is 0 Å². The molecule has 0 aromatic carbocycles. The summed E-state index contributed by atoms with van der Waals surface area (Å²) in [6, 6.07) is 0. The van der Waals surface area contributed by atoms with E-state index >= 15 is 0 Å². The van der Waals surface area contributed by atoms with Crippen molar-refractivity contribution in [3.8, 4) is 0 Å². The van der Waals surface area contributed by atoms with Gasteiger partial charge < -0.3 is 10.2 Å². The van der Waals surface area contributed by atoms with Crippen molar-refractivity contribution in [1.29, 1.82) is 0 Å². The third-order valence-corrected chi connectivity index (χ3v) is 1.81. The predicted octanol–water partition coefficient (Wildman–Crippen LogP) is -0.338. The molecule has 0 saturated heterocycles. The van der Waals surface area contributed by atoms with Crippen LogP contribution in [0.1, 0.15) is 6.42 Å². The summed E-state index contributed by atoms with van der Waals surface area (Å²) in [7, 11) is 3.71. The fraction of sp³-hybridized carbons (Fsp3) is 1.00. The van der Waals surface area contributed by atoms with E-state index in [4.69, 9.17) is 4.55 Å². The van der Waals surface area contributed by atoms with Crippen molar-refractivity contribution in [1.82, 2.24) is 10.2 Å². The lowest BCUT2D eigenvalue weighted by atomic mass is 10.5. The first-order chi connectivity index (χ1) is 5.83. The van der Waals surface area contributed by atoms with Crippen molar-refractivity contribution in [3.63, 3.8) is 0 Å². The van der Waals surface area contributed by atoms with Crippen LogP contribution < -0.4 is 5.32 Å². The fourth-order valence-corrected chi connectivity index (χ4v) is 1.06. The first-order valence-corrected chi connectivity index (χ1v) is 5.62. The Morgan fingerprint density at radius 1 is 1.31 bits per heavy atom. The second kappa shape index (κ2) is 8.43. The summed E-state index contributed by atoms with van der Waals surface area (Å²) in [6.07, 6.45) is 0.478. The maximum Gasteiger partial charge on any atom is 0.264 e. The fourth-order valence-electron chi connectivity index (χ4n) is 0.563. The zero-order valence-electron chi connectivity index (χ0n) is 8.74. The Hall–Kier alpha value is -0.170. The van der Waals surface area contributed by atoms with Gasteiger partial charge in [0.15, 0.2) is 0 Å². The Balaban J connectivity index is 0. The molecule has 0 heterocycles. The monoisotopic (exact) mass is 212 g/mol. The molecule has 0 spiro atoms. The molecule has 0 amide bonds. The Labute approximate surface area is 80.9 Å². The van der Waals surface area contributed by atoms with Crippen LogP contribution in [-0.4, -0.2) is 58.4 Å². The molecule has 0 saturated carbocycles. The lowest BCUT2D eigenvalue weighted by Crippen LogP contribution is -2.16. The second-order valence-electron chi connectivity index (χ2n) is 2.94. The summed E-state index contributed by atoms with van der Waals surface area (Å²) in [5.41, 5.74) is 0. The van der Waals surface area contributed by atoms with E-state index in [0.29, 0.717) is 13.0 Å². The zero-order valence-corrected chi connectivity index (χ0v) is 9.56. The summed E-state index contributed by atoms with van der Waals surface area (Å²) >= 11 is 0. The standard InChI is InChI=1S/C5H13NO3S.C2H7N/c1-6(2)4-3-5-10(7,8)9;1-3-2/h3-5H2,1-2H3,(H,7,8,9);3H,1-2H3. The molecule has 13 heavy (non-hydrogen) atoms. The molecule has 0 radical (unpaired) electrons. The van der Waals surface area contributed by atoms with Gasteiger partial charge in [0, 0.05) is 0 Å². The molecule has 0 aliphatic carbocycles. The first kappa shape index (κ1) is 15.3. The van der Waals surface area contributed by atoms with E-state index in [1.807, 2.05) is 33.1 Å². The van der Waals surface area contributed by atoms with Gasteiger partial charge in [0.25, 0.3) is 10.1 Å². The Morgan fingerprint density at radius 3 is 1.92 bits per heavy atom. The molecule has 82 valence electrons. The van der Waals surface area contributed by atoms with Crippen LogP contribution in [0, 0.1) is 0 Å². The molecule has 0 aromatic heterocycles. The molecule has 0 aliphatic heterocycles. The molecule has 0 aliphatic rings. The van der Waals surface area contributed by atoms with E-state index in [1.54, 1.807) is 0 Å². The molecule has 0 atom stereocenters. The average Bonchev–Trinajstić information content (AvgIpc) is 1.84. The second-order valence-corrected chi connectivity index (χ2v) is 4.51. The van der Waals surface area contributed by atoms with Crippen molar-refractivity contribution < 1.29 is 13.0 Å². The minimum atomic E-state index is -3.75. The zero-order chi connectivity index (χ0) is 10.9. The van der Waals surface area contributed by atoms with Crippen LogP contribution in [0.2, 0.25) is 0 Å². The molecule has 0 fully saturated rings. The van der Waals surface area contributed by atoms with Crippen molar-refractivity contribution in [2.24, 2.45) is 0 Å². The van der Waals surface area contributed by atoms with E-state index in [-0.39, 0.29) is 5.75 Å². The highest BCUT2D eigenvalue weighted by molar-refractivity contribution is 7.85. The molecule has 0 unspecified atom stereocenters. The number of rotatable bonds is 4. The van der Waals surface area contributed by atoms with Crippen LogP contribution in [0.15, 0.2) is 0 Å².